The summed E-state index contributed by atoms with van der Waals surface area (Å²) in [6.45, 7) is 1.27. The van der Waals surface area contributed by atoms with Crippen molar-refractivity contribution in [3.8, 4) is 0 Å². The lowest BCUT2D eigenvalue weighted by Gasteiger charge is -2.29. The predicted molar refractivity (Wildman–Crippen MR) is 101 cm³/mol. The molecule has 1 aliphatic carbocycles. The van der Waals surface area contributed by atoms with Gasteiger partial charge in [0.15, 0.2) is 9.84 Å². The molecule has 1 aromatic carbocycles. The highest BCUT2D eigenvalue weighted by Gasteiger charge is 2.41. The molecule has 0 spiro atoms. The molecule has 1 N–H and O–H groups in total. The number of benzene rings is 1. The zero-order valence-electron chi connectivity index (χ0n) is 16.7. The van der Waals surface area contributed by atoms with Crippen molar-refractivity contribution in [2.75, 3.05) is 0 Å². The van der Waals surface area contributed by atoms with Crippen LogP contribution in [0, 0.1) is 6.92 Å². The van der Waals surface area contributed by atoms with E-state index in [0.717, 1.165) is 24.3 Å². The van der Waals surface area contributed by atoms with E-state index in [4.69, 9.17) is 0 Å². The molecule has 0 saturated heterocycles. The summed E-state index contributed by atoms with van der Waals surface area (Å²) in [4.78, 5) is 11.9. The van der Waals surface area contributed by atoms with Crippen LogP contribution in [-0.4, -0.2) is 25.6 Å². The Balaban J connectivity index is 1.68. The maximum atomic E-state index is 13.0. The van der Waals surface area contributed by atoms with E-state index in [0.29, 0.717) is 6.07 Å². The van der Waals surface area contributed by atoms with Crippen LogP contribution in [0.4, 0.5) is 26.3 Å². The molecule has 176 valence electrons. The molecule has 3 rings (SSSR count). The van der Waals surface area contributed by atoms with Crippen LogP contribution in [0.5, 0.6) is 0 Å². The van der Waals surface area contributed by atoms with Crippen molar-refractivity contribution in [3.05, 3.63) is 53.0 Å². The average molecular weight is 483 g/mol. The van der Waals surface area contributed by atoms with Gasteiger partial charge in [0.25, 0.3) is 5.91 Å². The minimum atomic E-state index is -4.85. The number of furan rings is 1. The molecule has 12 heteroatoms. The smallest absolute Gasteiger partial charge is 0.450 e. The van der Waals surface area contributed by atoms with Gasteiger partial charge >= 0.3 is 12.4 Å². The zero-order valence-corrected chi connectivity index (χ0v) is 17.5. The van der Waals surface area contributed by atoms with Crippen molar-refractivity contribution in [2.45, 2.75) is 61.1 Å². The van der Waals surface area contributed by atoms with Crippen LogP contribution in [-0.2, 0) is 22.2 Å². The van der Waals surface area contributed by atoms with Gasteiger partial charge in [0.1, 0.15) is 5.76 Å². The molecule has 0 atom stereocenters. The lowest BCUT2D eigenvalue weighted by molar-refractivity contribution is -0.153. The van der Waals surface area contributed by atoms with Gasteiger partial charge in [0, 0.05) is 6.04 Å². The molecule has 1 amide bonds. The topological polar surface area (TPSA) is 76.4 Å². The van der Waals surface area contributed by atoms with Crippen molar-refractivity contribution >= 4 is 15.7 Å². The number of nitrogens with one attached hydrogen (secondary N) is 1. The summed E-state index contributed by atoms with van der Waals surface area (Å²) in [5.41, 5.74) is -1.73. The van der Waals surface area contributed by atoms with E-state index in [1.54, 1.807) is 0 Å². The average Bonchev–Trinajstić information content (AvgIpc) is 3.10. The first kappa shape index (κ1) is 24.1. The normalized spacial score (nSPS) is 20.2. The van der Waals surface area contributed by atoms with Gasteiger partial charge in [0.05, 0.1) is 21.3 Å². The van der Waals surface area contributed by atoms with Gasteiger partial charge < -0.3 is 9.73 Å². The third-order valence-electron chi connectivity index (χ3n) is 5.30. The van der Waals surface area contributed by atoms with Gasteiger partial charge in [-0.2, -0.15) is 26.3 Å². The standard InChI is InChI=1S/C20H19F6NO4S/c1-11-9-16(17(31-11)20(24,25)26)18(28)27-13-5-7-14(8-6-13)32(29,30)15-4-2-3-12(10-15)19(21,22)23/h2-4,9-10,13-14H,5-8H2,1H3,(H,27,28)/t13-,14-. The first-order chi connectivity index (χ1) is 14.7. The van der Waals surface area contributed by atoms with Crippen LogP contribution in [0.3, 0.4) is 0 Å². The lowest BCUT2D eigenvalue weighted by Crippen LogP contribution is -2.40. The van der Waals surface area contributed by atoms with Crippen molar-refractivity contribution in [1.29, 1.82) is 0 Å². The van der Waals surface area contributed by atoms with Gasteiger partial charge in [-0.25, -0.2) is 8.42 Å². The van der Waals surface area contributed by atoms with E-state index in [2.05, 4.69) is 9.73 Å². The van der Waals surface area contributed by atoms with E-state index in [9.17, 15) is 39.6 Å². The molecule has 1 aliphatic rings. The maximum Gasteiger partial charge on any atom is 0.450 e. The molecular weight excluding hydrogens is 464 g/mol. The monoisotopic (exact) mass is 483 g/mol. The number of alkyl halides is 6. The number of carbonyl (C=O) groups is 1. The molecule has 2 aromatic rings. The Bertz CT molecular complexity index is 1100. The fraction of sp³-hybridized carbons (Fsp3) is 0.450. The molecule has 1 saturated carbocycles. The van der Waals surface area contributed by atoms with Crippen LogP contribution in [0.25, 0.3) is 0 Å². The van der Waals surface area contributed by atoms with E-state index in [1.807, 2.05) is 0 Å². The second-order valence-electron chi connectivity index (χ2n) is 7.62. The summed E-state index contributed by atoms with van der Waals surface area (Å²) in [6, 6.07) is 3.88. The molecular formula is C20H19F6NO4S. The minimum absolute atomic E-state index is 0.0417. The fourth-order valence-electron chi connectivity index (χ4n) is 3.72. The van der Waals surface area contributed by atoms with Crippen molar-refractivity contribution < 1.29 is 44.0 Å². The van der Waals surface area contributed by atoms with Crippen LogP contribution in [0.15, 0.2) is 39.6 Å². The maximum absolute atomic E-state index is 13.0. The molecule has 0 radical (unpaired) electrons. The summed E-state index contributed by atoms with van der Waals surface area (Å²) in [7, 11) is -4.05. The lowest BCUT2D eigenvalue weighted by atomic mass is 9.94. The molecule has 1 heterocycles. The Morgan fingerprint density at radius 2 is 1.62 bits per heavy atom. The molecule has 0 unspecified atom stereocenters. The van der Waals surface area contributed by atoms with Gasteiger partial charge in [-0.15, -0.1) is 0 Å². The number of hydrogen-bond donors (Lipinski definition) is 1. The predicted octanol–water partition coefficient (Wildman–Crippen LogP) is 5.14. The first-order valence-electron chi connectivity index (χ1n) is 9.59. The number of halogens is 6. The Hall–Kier alpha value is -2.50. The summed E-state index contributed by atoms with van der Waals surface area (Å²) < 4.78 is 108. The first-order valence-corrected chi connectivity index (χ1v) is 11.1. The molecule has 1 aromatic heterocycles. The highest BCUT2D eigenvalue weighted by atomic mass is 32.2. The molecule has 1 fully saturated rings. The largest absolute Gasteiger partial charge is 0.456 e. The Morgan fingerprint density at radius 3 is 2.19 bits per heavy atom. The van der Waals surface area contributed by atoms with Crippen LogP contribution >= 0.6 is 0 Å². The summed E-state index contributed by atoms with van der Waals surface area (Å²) in [5, 5.41) is 1.50. The van der Waals surface area contributed by atoms with E-state index >= 15 is 0 Å². The van der Waals surface area contributed by atoms with Crippen molar-refractivity contribution in [3.63, 3.8) is 0 Å². The number of aryl methyl sites for hydroxylation is 1. The minimum Gasteiger partial charge on any atom is -0.456 e. The molecule has 0 aliphatic heterocycles. The van der Waals surface area contributed by atoms with Gasteiger partial charge in [-0.1, -0.05) is 6.07 Å². The van der Waals surface area contributed by atoms with Crippen LogP contribution in [0.2, 0.25) is 0 Å². The number of carbonyl (C=O) groups excluding carboxylic acids is 1. The number of sulfone groups is 1. The fourth-order valence-corrected chi connectivity index (χ4v) is 5.55. The van der Waals surface area contributed by atoms with Crippen LogP contribution < -0.4 is 5.32 Å². The van der Waals surface area contributed by atoms with Crippen molar-refractivity contribution in [1.82, 2.24) is 5.32 Å². The molecule has 5 nitrogen and oxygen atoms in total. The summed E-state index contributed by atoms with van der Waals surface area (Å²) >= 11 is 0. The molecule has 0 bridgehead atoms. The van der Waals surface area contributed by atoms with E-state index < -0.39 is 61.2 Å². The van der Waals surface area contributed by atoms with E-state index in [1.165, 1.54) is 6.92 Å². The SMILES string of the molecule is Cc1cc(C(=O)N[C@H]2CC[C@H](S(=O)(=O)c3cccc(C(F)(F)F)c3)CC2)c(C(F)(F)F)o1. The third kappa shape index (κ3) is 5.11. The highest BCUT2D eigenvalue weighted by Crippen LogP contribution is 2.35. The van der Waals surface area contributed by atoms with Gasteiger partial charge in [-0.3, -0.25) is 4.79 Å². The third-order valence-corrected chi connectivity index (χ3v) is 7.56. The number of hydrogen-bond acceptors (Lipinski definition) is 4. The van der Waals surface area contributed by atoms with Crippen LogP contribution in [0.1, 0.15) is 53.1 Å². The second-order valence-corrected chi connectivity index (χ2v) is 9.84. The number of rotatable bonds is 4. The van der Waals surface area contributed by atoms with Gasteiger partial charge in [0.2, 0.25) is 5.76 Å². The Kier molecular flexibility index (Phi) is 6.38. The highest BCUT2D eigenvalue weighted by molar-refractivity contribution is 7.92. The van der Waals surface area contributed by atoms with Gasteiger partial charge in [-0.05, 0) is 56.9 Å². The number of amides is 1. The van der Waals surface area contributed by atoms with Crippen molar-refractivity contribution in [2.24, 2.45) is 0 Å². The summed E-state index contributed by atoms with van der Waals surface area (Å²) in [6.07, 6.45) is -9.16. The van der Waals surface area contributed by atoms with E-state index in [-0.39, 0.29) is 31.4 Å². The zero-order chi connectivity index (χ0) is 23.9. The summed E-state index contributed by atoms with van der Waals surface area (Å²) in [5.74, 6) is -2.48. The Morgan fingerprint density at radius 1 is 1.00 bits per heavy atom. The molecule has 32 heavy (non-hydrogen) atoms. The Labute approximate surface area is 179 Å². The quantitative estimate of drug-likeness (QED) is 0.611. The second kappa shape index (κ2) is 8.45.